The number of hydrogen-bond donors (Lipinski definition) is 0. The van der Waals surface area contributed by atoms with Gasteiger partial charge in [0.15, 0.2) is 9.84 Å². The second-order valence-electron chi connectivity index (χ2n) is 4.58. The Morgan fingerprint density at radius 1 is 1.50 bits per heavy atom. The lowest BCUT2D eigenvalue weighted by molar-refractivity contribution is -0.140. The number of carbonyl (C=O) groups excluding carboxylic acids is 1. The Kier molecular flexibility index (Phi) is 5.76. The van der Waals surface area contributed by atoms with Crippen molar-refractivity contribution in [3.8, 4) is 0 Å². The van der Waals surface area contributed by atoms with Crippen molar-refractivity contribution in [2.24, 2.45) is 7.05 Å². The van der Waals surface area contributed by atoms with E-state index in [4.69, 9.17) is 0 Å². The van der Waals surface area contributed by atoms with Crippen LogP contribution in [0.4, 0.5) is 0 Å². The predicted octanol–water partition coefficient (Wildman–Crippen LogP) is 1.61. The Bertz CT molecular complexity index is 595. The van der Waals surface area contributed by atoms with Gasteiger partial charge in [0.2, 0.25) is 0 Å². The van der Waals surface area contributed by atoms with Gasteiger partial charge in [-0.1, -0.05) is 6.92 Å². The normalized spacial score (nSPS) is 13.2. The average molecular weight is 367 g/mol. The molecule has 0 N–H and O–H groups in total. The Labute approximate surface area is 127 Å². The van der Waals surface area contributed by atoms with E-state index in [0.29, 0.717) is 12.1 Å². The van der Waals surface area contributed by atoms with Crippen LogP contribution in [0.5, 0.6) is 0 Å². The summed E-state index contributed by atoms with van der Waals surface area (Å²) in [6.45, 7) is 3.46. The molecule has 0 saturated heterocycles. The molecule has 1 unspecified atom stereocenters. The number of carbonyl (C=O) groups is 1. The van der Waals surface area contributed by atoms with Crippen molar-refractivity contribution in [3.63, 3.8) is 0 Å². The molecule has 1 atom stereocenters. The van der Waals surface area contributed by atoms with E-state index in [1.807, 2.05) is 6.92 Å². The molecule has 20 heavy (non-hydrogen) atoms. The molecular weight excluding hydrogens is 348 g/mol. The molecule has 114 valence electrons. The fraction of sp³-hybridized carbons (Fsp3) is 0.667. The molecule has 0 aliphatic heterocycles. The summed E-state index contributed by atoms with van der Waals surface area (Å²) in [6.07, 6.45) is 0.571. The summed E-state index contributed by atoms with van der Waals surface area (Å²) in [4.78, 5) is 11.2. The molecule has 1 heterocycles. The molecule has 1 rings (SSSR count). The van der Waals surface area contributed by atoms with Crippen LogP contribution in [0.25, 0.3) is 0 Å². The number of sulfone groups is 1. The Balaban J connectivity index is 2.97. The first-order valence-electron chi connectivity index (χ1n) is 6.21. The molecule has 0 aliphatic carbocycles. The smallest absolute Gasteiger partial charge is 0.306 e. The molecule has 0 bridgehead atoms. The Morgan fingerprint density at radius 2 is 2.10 bits per heavy atom. The van der Waals surface area contributed by atoms with E-state index in [1.54, 1.807) is 11.7 Å². The van der Waals surface area contributed by atoms with Crippen LogP contribution in [0.15, 0.2) is 4.47 Å². The second-order valence-corrected chi connectivity index (χ2v) is 7.79. The van der Waals surface area contributed by atoms with Gasteiger partial charge in [-0.25, -0.2) is 8.42 Å². The van der Waals surface area contributed by atoms with E-state index < -0.39 is 21.1 Å². The van der Waals surface area contributed by atoms with Crippen molar-refractivity contribution in [3.05, 3.63) is 15.9 Å². The van der Waals surface area contributed by atoms with Crippen molar-refractivity contribution >= 4 is 31.7 Å². The van der Waals surface area contributed by atoms with Crippen LogP contribution >= 0.6 is 15.9 Å². The highest BCUT2D eigenvalue weighted by Crippen LogP contribution is 2.25. The van der Waals surface area contributed by atoms with Gasteiger partial charge in [-0.15, -0.1) is 0 Å². The lowest BCUT2D eigenvalue weighted by Gasteiger charge is -2.12. The number of esters is 1. The van der Waals surface area contributed by atoms with E-state index >= 15 is 0 Å². The van der Waals surface area contributed by atoms with Gasteiger partial charge in [0, 0.05) is 7.05 Å². The lowest BCUT2D eigenvalue weighted by Crippen LogP contribution is -2.24. The van der Waals surface area contributed by atoms with Gasteiger partial charge in [-0.3, -0.25) is 9.48 Å². The van der Waals surface area contributed by atoms with Gasteiger partial charge in [0.25, 0.3) is 0 Å². The van der Waals surface area contributed by atoms with Crippen molar-refractivity contribution in [1.29, 1.82) is 0 Å². The number of hydrogen-bond acceptors (Lipinski definition) is 5. The van der Waals surface area contributed by atoms with Gasteiger partial charge in [0.1, 0.15) is 0 Å². The first kappa shape index (κ1) is 17.2. The number of aryl methyl sites for hydroxylation is 2. The summed E-state index contributed by atoms with van der Waals surface area (Å²) in [6, 6.07) is 0. The van der Waals surface area contributed by atoms with Gasteiger partial charge in [-0.2, -0.15) is 5.10 Å². The van der Waals surface area contributed by atoms with Crippen LogP contribution in [-0.4, -0.2) is 36.5 Å². The van der Waals surface area contributed by atoms with Crippen LogP contribution < -0.4 is 0 Å². The molecule has 0 saturated carbocycles. The standard InChI is InChI=1S/C12H19BrN2O4S/c1-5-9-12(13)10(15(3)14-9)7-20(17,18)8(2)6-11(16)19-4/h8H,5-7H2,1-4H3. The molecule has 0 fully saturated rings. The number of ether oxygens (including phenoxy) is 1. The highest BCUT2D eigenvalue weighted by Gasteiger charge is 2.27. The third kappa shape index (κ3) is 3.82. The number of nitrogens with zero attached hydrogens (tertiary/aromatic N) is 2. The zero-order chi connectivity index (χ0) is 15.5. The molecule has 0 aliphatic rings. The average Bonchev–Trinajstić information content (AvgIpc) is 2.65. The minimum Gasteiger partial charge on any atom is -0.469 e. The maximum atomic E-state index is 12.3. The lowest BCUT2D eigenvalue weighted by atomic mass is 10.3. The largest absolute Gasteiger partial charge is 0.469 e. The minimum atomic E-state index is -3.45. The third-order valence-corrected chi connectivity index (χ3v) is 6.12. The van der Waals surface area contributed by atoms with Crippen molar-refractivity contribution in [2.45, 2.75) is 37.7 Å². The fourth-order valence-corrected chi connectivity index (χ4v) is 4.08. The van der Waals surface area contributed by atoms with Crippen molar-refractivity contribution in [1.82, 2.24) is 9.78 Å². The third-order valence-electron chi connectivity index (χ3n) is 3.14. The van der Waals surface area contributed by atoms with Gasteiger partial charge in [0.05, 0.1) is 40.4 Å². The molecule has 1 aromatic rings. The number of methoxy groups -OCH3 is 1. The van der Waals surface area contributed by atoms with E-state index in [1.165, 1.54) is 14.0 Å². The predicted molar refractivity (Wildman–Crippen MR) is 79.0 cm³/mol. The van der Waals surface area contributed by atoms with Crippen LogP contribution in [0.2, 0.25) is 0 Å². The summed E-state index contributed by atoms with van der Waals surface area (Å²) in [5.41, 5.74) is 1.41. The maximum Gasteiger partial charge on any atom is 0.306 e. The van der Waals surface area contributed by atoms with E-state index in [9.17, 15) is 13.2 Å². The van der Waals surface area contributed by atoms with Crippen LogP contribution in [-0.2, 0) is 38.6 Å². The summed E-state index contributed by atoms with van der Waals surface area (Å²) in [5, 5.41) is 3.47. The second kappa shape index (κ2) is 6.71. The Hall–Kier alpha value is -0.890. The van der Waals surface area contributed by atoms with E-state index in [0.717, 1.165) is 10.2 Å². The summed E-state index contributed by atoms with van der Waals surface area (Å²) < 4.78 is 31.4. The summed E-state index contributed by atoms with van der Waals surface area (Å²) in [5.74, 6) is -0.686. The minimum absolute atomic E-state index is 0.144. The maximum absolute atomic E-state index is 12.3. The molecule has 0 spiro atoms. The van der Waals surface area contributed by atoms with E-state index in [-0.39, 0.29) is 12.2 Å². The first-order valence-corrected chi connectivity index (χ1v) is 8.72. The first-order chi connectivity index (χ1) is 9.22. The molecule has 1 aromatic heterocycles. The van der Waals surface area contributed by atoms with Crippen molar-refractivity contribution in [2.75, 3.05) is 7.11 Å². The zero-order valence-electron chi connectivity index (χ0n) is 12.0. The number of rotatable bonds is 6. The zero-order valence-corrected chi connectivity index (χ0v) is 14.4. The molecule has 6 nitrogen and oxygen atoms in total. The van der Waals surface area contributed by atoms with Crippen molar-refractivity contribution < 1.29 is 17.9 Å². The van der Waals surface area contributed by atoms with Gasteiger partial charge < -0.3 is 4.74 Å². The number of halogens is 1. The van der Waals surface area contributed by atoms with E-state index in [2.05, 4.69) is 25.8 Å². The molecule has 8 heteroatoms. The van der Waals surface area contributed by atoms with Gasteiger partial charge in [-0.05, 0) is 29.3 Å². The monoisotopic (exact) mass is 366 g/mol. The van der Waals surface area contributed by atoms with Crippen LogP contribution in [0, 0.1) is 0 Å². The van der Waals surface area contributed by atoms with Crippen LogP contribution in [0.1, 0.15) is 31.7 Å². The number of aromatic nitrogens is 2. The highest BCUT2D eigenvalue weighted by molar-refractivity contribution is 9.10. The SMILES string of the molecule is CCc1nn(C)c(CS(=O)(=O)C(C)CC(=O)OC)c1Br. The fourth-order valence-electron chi connectivity index (χ4n) is 1.75. The van der Waals surface area contributed by atoms with Crippen LogP contribution in [0.3, 0.4) is 0 Å². The molecule has 0 amide bonds. The van der Waals surface area contributed by atoms with Gasteiger partial charge >= 0.3 is 5.97 Å². The molecular formula is C12H19BrN2O4S. The molecule has 0 aromatic carbocycles. The highest BCUT2D eigenvalue weighted by atomic mass is 79.9. The summed E-state index contributed by atoms with van der Waals surface area (Å²) in [7, 11) is -0.499. The quantitative estimate of drug-likeness (QED) is 0.714. The molecule has 0 radical (unpaired) electrons. The topological polar surface area (TPSA) is 78.3 Å². The Morgan fingerprint density at radius 3 is 2.55 bits per heavy atom. The summed E-state index contributed by atoms with van der Waals surface area (Å²) >= 11 is 3.39.